The highest BCUT2D eigenvalue weighted by atomic mass is 16.3. The van der Waals surface area contributed by atoms with Gasteiger partial charge in [-0.05, 0) is 128 Å². The van der Waals surface area contributed by atoms with Crippen molar-refractivity contribution < 1.29 is 14.7 Å². The number of carbonyl (C=O) groups is 2. The smallest absolute Gasteiger partial charge is 0.239 e. The van der Waals surface area contributed by atoms with E-state index in [9.17, 15) is 9.90 Å². The fourth-order valence-electron chi connectivity index (χ4n) is 12.4. The molecule has 4 fully saturated rings. The molecular weight excluding hydrogens is 580 g/mol. The number of aliphatic hydroxyl groups excluding tert-OH is 1. The lowest BCUT2D eigenvalue weighted by molar-refractivity contribution is -0.204. The lowest BCUT2D eigenvalue weighted by atomic mass is 9.33. The van der Waals surface area contributed by atoms with Crippen LogP contribution in [0.15, 0.2) is 42.0 Å². The lowest BCUT2D eigenvalue weighted by Crippen LogP contribution is -2.66. The number of carbonyl (C=O) groups excluding carboxylic acids is 2. The molecule has 6 rings (SSSR count). The van der Waals surface area contributed by atoms with Crippen LogP contribution < -0.4 is 5.32 Å². The lowest BCUT2D eigenvalue weighted by Gasteiger charge is -2.71. The summed E-state index contributed by atoms with van der Waals surface area (Å²) < 4.78 is 0. The first-order valence-electron chi connectivity index (χ1n) is 18.9. The van der Waals surface area contributed by atoms with Crippen molar-refractivity contribution in [3.05, 3.63) is 47.5 Å². The quantitative estimate of drug-likeness (QED) is 0.305. The molecule has 260 valence electrons. The van der Waals surface area contributed by atoms with E-state index in [4.69, 9.17) is 0 Å². The van der Waals surface area contributed by atoms with Gasteiger partial charge in [0.1, 0.15) is 0 Å². The predicted molar refractivity (Wildman–Crippen MR) is 190 cm³/mol. The Labute approximate surface area is 285 Å². The number of amides is 2. The molecule has 0 saturated heterocycles. The van der Waals surface area contributed by atoms with Gasteiger partial charge in [0.15, 0.2) is 0 Å². The number of hydrogen-bond donors (Lipinski definition) is 2. The summed E-state index contributed by atoms with van der Waals surface area (Å²) in [7, 11) is 0. The van der Waals surface area contributed by atoms with Gasteiger partial charge < -0.3 is 15.3 Å². The van der Waals surface area contributed by atoms with Crippen LogP contribution in [0.4, 0.5) is 0 Å². The van der Waals surface area contributed by atoms with Crippen LogP contribution >= 0.6 is 0 Å². The van der Waals surface area contributed by atoms with Crippen molar-refractivity contribution >= 4 is 11.8 Å². The van der Waals surface area contributed by atoms with Gasteiger partial charge in [-0.2, -0.15) is 0 Å². The first-order chi connectivity index (χ1) is 21.9. The molecule has 2 N–H and O–H groups in total. The SMILES string of the molecule is CC(C)N(CC(=O)NCc1ccccc1)C(=O)[C@]12CCC(C)(C)C[C@H]1C1=CC[C@@H]3[C@@]4(C)CC[C@H](O)C(C)(C)[C@@H]4CC[C@@]3(C)[C@]1(C)CC2. The zero-order valence-electron chi connectivity index (χ0n) is 31.0. The number of hydrogen-bond acceptors (Lipinski definition) is 3. The van der Waals surface area contributed by atoms with Crippen molar-refractivity contribution in [3.8, 4) is 0 Å². The molecule has 0 heterocycles. The molecule has 0 aromatic heterocycles. The predicted octanol–water partition coefficient (Wildman–Crippen LogP) is 8.70. The summed E-state index contributed by atoms with van der Waals surface area (Å²) in [4.78, 5) is 30.3. The minimum absolute atomic E-state index is 0.0433. The summed E-state index contributed by atoms with van der Waals surface area (Å²) in [5.74, 6) is 1.43. The van der Waals surface area contributed by atoms with Gasteiger partial charge in [0.05, 0.1) is 18.1 Å². The number of allylic oxidation sites excluding steroid dienone is 2. The Morgan fingerprint density at radius 3 is 2.26 bits per heavy atom. The molecule has 1 aromatic carbocycles. The number of rotatable bonds is 6. The molecule has 5 heteroatoms. The van der Waals surface area contributed by atoms with Gasteiger partial charge in [0.25, 0.3) is 0 Å². The van der Waals surface area contributed by atoms with Crippen molar-refractivity contribution in [1.82, 2.24) is 10.2 Å². The Hall–Kier alpha value is -2.14. The van der Waals surface area contributed by atoms with Gasteiger partial charge >= 0.3 is 0 Å². The van der Waals surface area contributed by atoms with Gasteiger partial charge in [0, 0.05) is 12.6 Å². The van der Waals surface area contributed by atoms with E-state index in [-0.39, 0.29) is 63.5 Å². The molecule has 1 aromatic rings. The van der Waals surface area contributed by atoms with Crippen LogP contribution in [0.25, 0.3) is 0 Å². The van der Waals surface area contributed by atoms with Gasteiger partial charge in [-0.15, -0.1) is 0 Å². The topological polar surface area (TPSA) is 69.6 Å². The summed E-state index contributed by atoms with van der Waals surface area (Å²) in [5, 5.41) is 14.2. The van der Waals surface area contributed by atoms with E-state index >= 15 is 4.79 Å². The van der Waals surface area contributed by atoms with Gasteiger partial charge in [-0.25, -0.2) is 0 Å². The average Bonchev–Trinajstić information content (AvgIpc) is 3.01. The van der Waals surface area contributed by atoms with Crippen LogP contribution in [0.2, 0.25) is 0 Å². The fourth-order valence-corrected chi connectivity index (χ4v) is 12.4. The molecule has 5 nitrogen and oxygen atoms in total. The summed E-state index contributed by atoms with van der Waals surface area (Å²) in [6.07, 6.45) is 12.8. The van der Waals surface area contributed by atoms with Crippen molar-refractivity contribution in [2.75, 3.05) is 6.54 Å². The highest BCUT2D eigenvalue weighted by Crippen LogP contribution is 2.75. The number of aliphatic hydroxyl groups is 1. The number of benzene rings is 1. The van der Waals surface area contributed by atoms with E-state index in [1.165, 1.54) is 12.8 Å². The number of nitrogens with one attached hydrogen (secondary N) is 1. The molecule has 0 aliphatic heterocycles. The van der Waals surface area contributed by atoms with Crippen molar-refractivity contribution in [1.29, 1.82) is 0 Å². The van der Waals surface area contributed by atoms with Gasteiger partial charge in [-0.1, -0.05) is 90.4 Å². The van der Waals surface area contributed by atoms with E-state index in [0.29, 0.717) is 18.4 Å². The van der Waals surface area contributed by atoms with Gasteiger partial charge in [-0.3, -0.25) is 9.59 Å². The zero-order chi connectivity index (χ0) is 34.2. The van der Waals surface area contributed by atoms with E-state index in [0.717, 1.165) is 56.9 Å². The largest absolute Gasteiger partial charge is 0.393 e. The highest BCUT2D eigenvalue weighted by molar-refractivity contribution is 5.89. The molecule has 0 bridgehead atoms. The Balaban J connectivity index is 1.32. The first kappa shape index (κ1) is 34.7. The van der Waals surface area contributed by atoms with E-state index in [2.05, 4.69) is 73.7 Å². The minimum Gasteiger partial charge on any atom is -0.393 e. The number of nitrogens with zero attached hydrogens (tertiary/aromatic N) is 1. The second-order valence-electron chi connectivity index (χ2n) is 19.0. The second-order valence-corrected chi connectivity index (χ2v) is 19.0. The van der Waals surface area contributed by atoms with E-state index in [1.807, 2.05) is 35.2 Å². The third kappa shape index (κ3) is 5.35. The standard InChI is InChI=1S/C42H64N2O3/c1-28(2)44(27-35(46)43-26-29-13-11-10-12-14-29)36(47)42-23-21-37(3,4)25-31(42)30-15-16-33-39(7)19-18-34(45)38(5,6)32(39)17-20-41(33,9)40(30,8)22-24-42/h10-15,28,31-34,45H,16-27H2,1-9H3,(H,43,46)/t31-,32-,33+,34-,39-,40+,41+,42-/m0/s1. The minimum atomic E-state index is -0.452. The summed E-state index contributed by atoms with van der Waals surface area (Å²) in [5.41, 5.74) is 2.70. The van der Waals surface area contributed by atoms with E-state index in [1.54, 1.807) is 5.57 Å². The number of fused-ring (bicyclic) bond motifs is 7. The van der Waals surface area contributed by atoms with Crippen molar-refractivity contribution in [2.24, 2.45) is 50.2 Å². The molecule has 4 saturated carbocycles. The maximum atomic E-state index is 15.1. The molecule has 8 atom stereocenters. The average molecular weight is 645 g/mol. The molecule has 0 radical (unpaired) electrons. The Morgan fingerprint density at radius 2 is 1.57 bits per heavy atom. The van der Waals surface area contributed by atoms with Crippen molar-refractivity contribution in [3.63, 3.8) is 0 Å². The first-order valence-corrected chi connectivity index (χ1v) is 18.9. The summed E-state index contributed by atoms with van der Waals surface area (Å²) in [6, 6.07) is 9.95. The normalized spacial score (nSPS) is 40.2. The van der Waals surface area contributed by atoms with Gasteiger partial charge in [0.2, 0.25) is 11.8 Å². The van der Waals surface area contributed by atoms with Crippen LogP contribution in [-0.2, 0) is 16.1 Å². The van der Waals surface area contributed by atoms with Crippen LogP contribution in [0, 0.1) is 50.2 Å². The van der Waals surface area contributed by atoms with Crippen LogP contribution in [0.3, 0.4) is 0 Å². The third-order valence-electron chi connectivity index (χ3n) is 15.6. The molecule has 5 aliphatic rings. The molecule has 47 heavy (non-hydrogen) atoms. The monoisotopic (exact) mass is 644 g/mol. The molecule has 5 aliphatic carbocycles. The summed E-state index contributed by atoms with van der Waals surface area (Å²) in [6.45, 7) is 21.9. The van der Waals surface area contributed by atoms with E-state index < -0.39 is 5.41 Å². The van der Waals surface area contributed by atoms with Crippen LogP contribution in [0.1, 0.15) is 132 Å². The molecule has 2 amide bonds. The Morgan fingerprint density at radius 1 is 0.894 bits per heavy atom. The summed E-state index contributed by atoms with van der Waals surface area (Å²) >= 11 is 0. The Bertz CT molecular complexity index is 1400. The molecular formula is C42H64N2O3. The second kappa shape index (κ2) is 11.7. The fraction of sp³-hybridized carbons (Fsp3) is 0.762. The zero-order valence-corrected chi connectivity index (χ0v) is 31.0. The van der Waals surface area contributed by atoms with Crippen LogP contribution in [-0.4, -0.2) is 40.5 Å². The maximum absolute atomic E-state index is 15.1. The van der Waals surface area contributed by atoms with Crippen molar-refractivity contribution in [2.45, 2.75) is 145 Å². The third-order valence-corrected chi connectivity index (χ3v) is 15.6. The highest BCUT2D eigenvalue weighted by Gasteiger charge is 2.69. The molecule has 0 spiro atoms. The Kier molecular flexibility index (Phi) is 8.67. The van der Waals surface area contributed by atoms with Crippen LogP contribution in [0.5, 0.6) is 0 Å². The maximum Gasteiger partial charge on any atom is 0.239 e. The molecule has 0 unspecified atom stereocenters.